The number of carbonyl (C=O) groups is 1. The maximum absolute atomic E-state index is 12.0. The number of nitrogens with one attached hydrogen (secondary N) is 1. The monoisotopic (exact) mass is 349 g/mol. The second kappa shape index (κ2) is 8.49. The number of aryl methyl sites for hydroxylation is 1. The summed E-state index contributed by atoms with van der Waals surface area (Å²) in [5, 5.41) is 3.28. The molecule has 0 aliphatic heterocycles. The van der Waals surface area contributed by atoms with Crippen molar-refractivity contribution in [2.45, 2.75) is 32.9 Å². The maximum atomic E-state index is 12.0. The SMILES string of the molecule is CCc1cc(=O)n(CCNC(=O)C(C)Oc2cccc(Cl)c2)cn1. The minimum atomic E-state index is -0.666. The summed E-state index contributed by atoms with van der Waals surface area (Å²) in [5.74, 6) is 0.266. The zero-order chi connectivity index (χ0) is 17.5. The van der Waals surface area contributed by atoms with Gasteiger partial charge in [-0.1, -0.05) is 24.6 Å². The smallest absolute Gasteiger partial charge is 0.260 e. The zero-order valence-electron chi connectivity index (χ0n) is 13.7. The summed E-state index contributed by atoms with van der Waals surface area (Å²) in [5.41, 5.74) is 0.628. The van der Waals surface area contributed by atoms with E-state index in [1.54, 1.807) is 31.2 Å². The highest BCUT2D eigenvalue weighted by Crippen LogP contribution is 2.18. The van der Waals surface area contributed by atoms with Crippen molar-refractivity contribution in [1.82, 2.24) is 14.9 Å². The molecular formula is C17H20ClN3O3. The van der Waals surface area contributed by atoms with E-state index in [9.17, 15) is 9.59 Å². The molecule has 2 aromatic rings. The number of hydrogen-bond acceptors (Lipinski definition) is 4. The van der Waals surface area contributed by atoms with Crippen LogP contribution in [-0.4, -0.2) is 28.1 Å². The summed E-state index contributed by atoms with van der Waals surface area (Å²) in [6, 6.07) is 8.37. The van der Waals surface area contributed by atoms with E-state index in [0.29, 0.717) is 30.3 Å². The van der Waals surface area contributed by atoms with E-state index in [1.807, 2.05) is 6.92 Å². The van der Waals surface area contributed by atoms with Crippen LogP contribution in [0.25, 0.3) is 0 Å². The van der Waals surface area contributed by atoms with Crippen LogP contribution in [0.4, 0.5) is 0 Å². The number of nitrogens with zero attached hydrogens (tertiary/aromatic N) is 2. The fourth-order valence-electron chi connectivity index (χ4n) is 2.07. The normalized spacial score (nSPS) is 11.8. The molecule has 0 spiro atoms. The van der Waals surface area contributed by atoms with Crippen LogP contribution in [0, 0.1) is 0 Å². The summed E-state index contributed by atoms with van der Waals surface area (Å²) in [6.07, 6.45) is 1.55. The Balaban J connectivity index is 1.83. The minimum Gasteiger partial charge on any atom is -0.481 e. The van der Waals surface area contributed by atoms with Gasteiger partial charge in [-0.2, -0.15) is 0 Å². The first-order valence-electron chi connectivity index (χ1n) is 7.75. The molecule has 24 heavy (non-hydrogen) atoms. The highest BCUT2D eigenvalue weighted by molar-refractivity contribution is 6.30. The first-order chi connectivity index (χ1) is 11.5. The maximum Gasteiger partial charge on any atom is 0.260 e. The van der Waals surface area contributed by atoms with Crippen LogP contribution in [0.3, 0.4) is 0 Å². The Morgan fingerprint density at radius 2 is 2.21 bits per heavy atom. The van der Waals surface area contributed by atoms with Crippen LogP contribution < -0.4 is 15.6 Å². The lowest BCUT2D eigenvalue weighted by molar-refractivity contribution is -0.127. The summed E-state index contributed by atoms with van der Waals surface area (Å²) in [6.45, 7) is 4.26. The highest BCUT2D eigenvalue weighted by atomic mass is 35.5. The molecular weight excluding hydrogens is 330 g/mol. The topological polar surface area (TPSA) is 73.2 Å². The number of rotatable bonds is 7. The van der Waals surface area contributed by atoms with Crippen molar-refractivity contribution >= 4 is 17.5 Å². The van der Waals surface area contributed by atoms with Crippen molar-refractivity contribution in [3.63, 3.8) is 0 Å². The third-order valence-corrected chi connectivity index (χ3v) is 3.66. The summed E-state index contributed by atoms with van der Waals surface area (Å²) in [4.78, 5) is 28.1. The number of halogens is 1. The molecule has 2 rings (SSSR count). The molecule has 0 radical (unpaired) electrons. The average Bonchev–Trinajstić information content (AvgIpc) is 2.56. The predicted octanol–water partition coefficient (Wildman–Crippen LogP) is 2.04. The van der Waals surface area contributed by atoms with E-state index >= 15 is 0 Å². The van der Waals surface area contributed by atoms with Gasteiger partial charge in [0.15, 0.2) is 6.10 Å². The zero-order valence-corrected chi connectivity index (χ0v) is 14.4. The van der Waals surface area contributed by atoms with Crippen molar-refractivity contribution in [2.75, 3.05) is 6.54 Å². The van der Waals surface area contributed by atoms with Crippen molar-refractivity contribution in [2.24, 2.45) is 0 Å². The van der Waals surface area contributed by atoms with E-state index in [-0.39, 0.29) is 11.5 Å². The second-order valence-electron chi connectivity index (χ2n) is 5.27. The first-order valence-corrected chi connectivity index (χ1v) is 8.12. The van der Waals surface area contributed by atoms with Crippen LogP contribution in [-0.2, 0) is 17.8 Å². The van der Waals surface area contributed by atoms with Crippen LogP contribution in [0.1, 0.15) is 19.5 Å². The Hall–Kier alpha value is -2.34. The molecule has 0 bridgehead atoms. The quantitative estimate of drug-likeness (QED) is 0.830. The molecule has 1 aromatic heterocycles. The summed E-state index contributed by atoms with van der Waals surface area (Å²) < 4.78 is 7.00. The van der Waals surface area contributed by atoms with Gasteiger partial charge in [0.05, 0.1) is 6.33 Å². The Morgan fingerprint density at radius 3 is 2.88 bits per heavy atom. The van der Waals surface area contributed by atoms with E-state index in [2.05, 4.69) is 10.3 Å². The molecule has 0 saturated carbocycles. The largest absolute Gasteiger partial charge is 0.481 e. The third kappa shape index (κ3) is 5.09. The van der Waals surface area contributed by atoms with Gasteiger partial charge in [0, 0.05) is 29.9 Å². The molecule has 0 aliphatic carbocycles. The van der Waals surface area contributed by atoms with Gasteiger partial charge < -0.3 is 10.1 Å². The fourth-order valence-corrected chi connectivity index (χ4v) is 2.25. The van der Waals surface area contributed by atoms with E-state index in [1.165, 1.54) is 17.0 Å². The number of hydrogen-bond donors (Lipinski definition) is 1. The van der Waals surface area contributed by atoms with Crippen molar-refractivity contribution < 1.29 is 9.53 Å². The molecule has 6 nitrogen and oxygen atoms in total. The fraction of sp³-hybridized carbons (Fsp3) is 0.353. The Morgan fingerprint density at radius 1 is 1.42 bits per heavy atom. The highest BCUT2D eigenvalue weighted by Gasteiger charge is 2.14. The van der Waals surface area contributed by atoms with E-state index in [4.69, 9.17) is 16.3 Å². The van der Waals surface area contributed by atoms with Crippen molar-refractivity contribution in [3.05, 3.63) is 57.7 Å². The second-order valence-corrected chi connectivity index (χ2v) is 5.71. The average molecular weight is 350 g/mol. The van der Waals surface area contributed by atoms with Crippen LogP contribution >= 0.6 is 11.6 Å². The molecule has 1 atom stereocenters. The standard InChI is InChI=1S/C17H20ClN3O3/c1-3-14-10-16(22)21(11-20-14)8-7-19-17(23)12(2)24-15-6-4-5-13(18)9-15/h4-6,9-12H,3,7-8H2,1-2H3,(H,19,23). The van der Waals surface area contributed by atoms with E-state index in [0.717, 1.165) is 5.69 Å². The lowest BCUT2D eigenvalue weighted by Crippen LogP contribution is -2.38. The van der Waals surface area contributed by atoms with Crippen LogP contribution in [0.15, 0.2) is 41.5 Å². The van der Waals surface area contributed by atoms with Gasteiger partial charge >= 0.3 is 0 Å². The van der Waals surface area contributed by atoms with Gasteiger partial charge in [0.1, 0.15) is 5.75 Å². The summed E-state index contributed by atoms with van der Waals surface area (Å²) in [7, 11) is 0. The van der Waals surface area contributed by atoms with Gasteiger partial charge in [0.2, 0.25) is 0 Å². The van der Waals surface area contributed by atoms with Gasteiger partial charge in [-0.25, -0.2) is 4.98 Å². The van der Waals surface area contributed by atoms with Crippen LogP contribution in [0.5, 0.6) is 5.75 Å². The number of ether oxygens (including phenoxy) is 1. The Bertz CT molecular complexity index is 761. The lowest BCUT2D eigenvalue weighted by Gasteiger charge is -2.15. The molecule has 1 aromatic carbocycles. The molecule has 1 unspecified atom stereocenters. The van der Waals surface area contributed by atoms with Gasteiger partial charge in [-0.15, -0.1) is 0 Å². The number of amides is 1. The van der Waals surface area contributed by atoms with Gasteiger partial charge in [0.25, 0.3) is 11.5 Å². The molecule has 1 N–H and O–H groups in total. The number of aromatic nitrogens is 2. The molecule has 0 fully saturated rings. The Kier molecular flexibility index (Phi) is 6.37. The van der Waals surface area contributed by atoms with Gasteiger partial charge in [-0.05, 0) is 31.5 Å². The van der Waals surface area contributed by atoms with Crippen LogP contribution in [0.2, 0.25) is 5.02 Å². The first kappa shape index (κ1) is 18.0. The van der Waals surface area contributed by atoms with Gasteiger partial charge in [-0.3, -0.25) is 14.2 Å². The van der Waals surface area contributed by atoms with Crippen molar-refractivity contribution in [3.8, 4) is 5.75 Å². The Labute approximate surface area is 145 Å². The molecule has 128 valence electrons. The molecule has 1 heterocycles. The third-order valence-electron chi connectivity index (χ3n) is 3.43. The minimum absolute atomic E-state index is 0.126. The number of benzene rings is 1. The molecule has 7 heteroatoms. The van der Waals surface area contributed by atoms with Crippen molar-refractivity contribution in [1.29, 1.82) is 0 Å². The number of carbonyl (C=O) groups excluding carboxylic acids is 1. The summed E-state index contributed by atoms with van der Waals surface area (Å²) >= 11 is 5.88. The predicted molar refractivity (Wildman–Crippen MR) is 92.4 cm³/mol. The molecule has 0 aliphatic rings. The molecule has 1 amide bonds. The molecule has 0 saturated heterocycles. The van der Waals surface area contributed by atoms with E-state index < -0.39 is 6.10 Å². The lowest BCUT2D eigenvalue weighted by atomic mass is 10.3.